The Labute approximate surface area is 149 Å². The van der Waals surface area contributed by atoms with E-state index < -0.39 is 0 Å². The average molecular weight is 344 g/mol. The van der Waals surface area contributed by atoms with Crippen LogP contribution in [-0.4, -0.2) is 43.3 Å². The van der Waals surface area contributed by atoms with Crippen LogP contribution in [0.25, 0.3) is 0 Å². The number of carbonyl (C=O) groups is 1. The van der Waals surface area contributed by atoms with Gasteiger partial charge < -0.3 is 19.7 Å². The fraction of sp³-hybridized carbons (Fsp3) is 0.650. The minimum absolute atomic E-state index is 0.0721. The molecule has 3 aliphatic rings. The third kappa shape index (κ3) is 3.76. The molecule has 2 heterocycles. The van der Waals surface area contributed by atoms with E-state index in [-0.39, 0.29) is 6.03 Å². The molecule has 1 aliphatic carbocycles. The largest absolute Gasteiger partial charge is 0.493 e. The third-order valence-electron chi connectivity index (χ3n) is 5.82. The van der Waals surface area contributed by atoms with E-state index in [9.17, 15) is 4.79 Å². The number of hydrogen-bond acceptors (Lipinski definition) is 3. The number of carbonyl (C=O) groups excluding carboxylic acids is 1. The highest BCUT2D eigenvalue weighted by Gasteiger charge is 2.40. The summed E-state index contributed by atoms with van der Waals surface area (Å²) in [6, 6.07) is 6.73. The second-order valence-electron chi connectivity index (χ2n) is 7.80. The first-order valence-corrected chi connectivity index (χ1v) is 9.53. The molecule has 3 fully saturated rings. The van der Waals surface area contributed by atoms with Gasteiger partial charge in [0.1, 0.15) is 5.75 Å². The van der Waals surface area contributed by atoms with Crippen molar-refractivity contribution in [3.63, 3.8) is 0 Å². The van der Waals surface area contributed by atoms with Crippen LogP contribution >= 0.6 is 0 Å². The Bertz CT molecular complexity index is 627. The van der Waals surface area contributed by atoms with Crippen LogP contribution in [0.4, 0.5) is 4.79 Å². The van der Waals surface area contributed by atoms with E-state index in [4.69, 9.17) is 9.47 Å². The summed E-state index contributed by atoms with van der Waals surface area (Å²) in [5.74, 6) is 2.08. The molecule has 2 saturated heterocycles. The second-order valence-corrected chi connectivity index (χ2v) is 7.80. The Morgan fingerprint density at radius 1 is 1.36 bits per heavy atom. The van der Waals surface area contributed by atoms with Crippen LogP contribution in [0.15, 0.2) is 18.2 Å². The van der Waals surface area contributed by atoms with Gasteiger partial charge in [-0.2, -0.15) is 0 Å². The van der Waals surface area contributed by atoms with Crippen LogP contribution in [0, 0.1) is 18.8 Å². The standard InChI is InChI=1S/C20H28N2O3/c1-14-2-4-17(19(8-14)25-13-16-6-7-24-12-16)10-21-20(23)22-11-15-3-5-18(22)9-15/h2,4,8,15-16,18H,3,5-7,9-13H2,1H3,(H,21,23)/t15-,16-,18-/m0/s1. The molecule has 0 aromatic heterocycles. The zero-order valence-electron chi connectivity index (χ0n) is 15.0. The molecule has 1 aromatic rings. The third-order valence-corrected chi connectivity index (χ3v) is 5.82. The molecule has 136 valence electrons. The first kappa shape index (κ1) is 16.7. The maximum atomic E-state index is 12.5. The number of benzene rings is 1. The summed E-state index contributed by atoms with van der Waals surface area (Å²) >= 11 is 0. The lowest BCUT2D eigenvalue weighted by Crippen LogP contribution is -2.44. The molecule has 3 atom stereocenters. The number of nitrogens with zero attached hydrogens (tertiary/aromatic N) is 1. The van der Waals surface area contributed by atoms with Crippen LogP contribution in [-0.2, 0) is 11.3 Å². The first-order chi connectivity index (χ1) is 12.2. The molecular weight excluding hydrogens is 316 g/mol. The number of likely N-dealkylation sites (tertiary alicyclic amines) is 1. The summed E-state index contributed by atoms with van der Waals surface area (Å²) in [6.07, 6.45) is 4.71. The van der Waals surface area contributed by atoms with Crippen LogP contribution < -0.4 is 10.1 Å². The lowest BCUT2D eigenvalue weighted by Gasteiger charge is -2.27. The molecule has 1 N–H and O–H groups in total. The number of urea groups is 1. The Morgan fingerprint density at radius 2 is 2.28 bits per heavy atom. The normalized spacial score (nSPS) is 27.7. The Balaban J connectivity index is 1.35. The number of ether oxygens (including phenoxy) is 2. The lowest BCUT2D eigenvalue weighted by atomic mass is 10.1. The van der Waals surface area contributed by atoms with E-state index in [1.54, 1.807) is 0 Å². The Morgan fingerprint density at radius 3 is 3.00 bits per heavy atom. The van der Waals surface area contributed by atoms with E-state index >= 15 is 0 Å². The van der Waals surface area contributed by atoms with E-state index in [1.807, 2.05) is 4.90 Å². The molecule has 1 saturated carbocycles. The number of hydrogen-bond donors (Lipinski definition) is 1. The fourth-order valence-electron chi connectivity index (χ4n) is 4.31. The minimum Gasteiger partial charge on any atom is -0.493 e. The molecule has 5 heteroatoms. The van der Waals surface area contributed by atoms with Gasteiger partial charge in [0.05, 0.1) is 13.2 Å². The molecule has 2 aliphatic heterocycles. The number of fused-ring (bicyclic) bond motifs is 2. The monoisotopic (exact) mass is 344 g/mol. The summed E-state index contributed by atoms with van der Waals surface area (Å²) in [5.41, 5.74) is 2.21. The van der Waals surface area contributed by atoms with Gasteiger partial charge in [-0.25, -0.2) is 4.79 Å². The Kier molecular flexibility index (Phi) is 4.84. The van der Waals surface area contributed by atoms with Crippen molar-refractivity contribution in [2.75, 3.05) is 26.4 Å². The van der Waals surface area contributed by atoms with Crippen LogP contribution in [0.3, 0.4) is 0 Å². The van der Waals surface area contributed by atoms with Gasteiger partial charge in [-0.3, -0.25) is 0 Å². The highest BCUT2D eigenvalue weighted by atomic mass is 16.5. The van der Waals surface area contributed by atoms with Crippen LogP contribution in [0.2, 0.25) is 0 Å². The van der Waals surface area contributed by atoms with Crippen LogP contribution in [0.5, 0.6) is 5.75 Å². The molecule has 25 heavy (non-hydrogen) atoms. The average Bonchev–Trinajstić information content (AvgIpc) is 3.36. The van der Waals surface area contributed by atoms with E-state index in [0.29, 0.717) is 25.1 Å². The molecule has 1 aromatic carbocycles. The minimum atomic E-state index is 0.0721. The number of rotatable bonds is 5. The fourth-order valence-corrected chi connectivity index (χ4v) is 4.31. The predicted octanol–water partition coefficient (Wildman–Crippen LogP) is 3.10. The van der Waals surface area contributed by atoms with Gasteiger partial charge in [-0.15, -0.1) is 0 Å². The van der Waals surface area contributed by atoms with Gasteiger partial charge >= 0.3 is 6.03 Å². The van der Waals surface area contributed by atoms with Gasteiger partial charge in [0.25, 0.3) is 0 Å². The summed E-state index contributed by atoms with van der Waals surface area (Å²) in [5, 5.41) is 3.10. The summed E-state index contributed by atoms with van der Waals surface area (Å²) in [4.78, 5) is 14.5. The van der Waals surface area contributed by atoms with Crippen molar-refractivity contribution in [2.45, 2.75) is 45.2 Å². The molecule has 2 bridgehead atoms. The van der Waals surface area contributed by atoms with Gasteiger partial charge in [0.2, 0.25) is 0 Å². The molecule has 4 rings (SSSR count). The van der Waals surface area contributed by atoms with Crippen molar-refractivity contribution < 1.29 is 14.3 Å². The van der Waals surface area contributed by atoms with Gasteiger partial charge in [-0.1, -0.05) is 12.1 Å². The topological polar surface area (TPSA) is 50.8 Å². The van der Waals surface area contributed by atoms with Crippen molar-refractivity contribution in [3.05, 3.63) is 29.3 Å². The number of nitrogens with one attached hydrogen (secondary N) is 1. The number of amides is 2. The SMILES string of the molecule is Cc1ccc(CNC(=O)N2C[C@H]3CC[C@H]2C3)c(OC[C@H]2CCOC2)c1. The zero-order valence-corrected chi connectivity index (χ0v) is 15.0. The molecule has 5 nitrogen and oxygen atoms in total. The summed E-state index contributed by atoms with van der Waals surface area (Å²) in [7, 11) is 0. The van der Waals surface area contributed by atoms with Crippen molar-refractivity contribution in [2.24, 2.45) is 11.8 Å². The number of piperidine rings is 1. The highest BCUT2D eigenvalue weighted by Crippen LogP contribution is 2.37. The Hall–Kier alpha value is -1.75. The van der Waals surface area contributed by atoms with Gasteiger partial charge in [0, 0.05) is 37.2 Å². The summed E-state index contributed by atoms with van der Waals surface area (Å²) < 4.78 is 11.5. The maximum Gasteiger partial charge on any atom is 0.317 e. The first-order valence-electron chi connectivity index (χ1n) is 9.53. The highest BCUT2D eigenvalue weighted by molar-refractivity contribution is 5.75. The van der Waals surface area contributed by atoms with Crippen molar-refractivity contribution in [3.8, 4) is 5.75 Å². The van der Waals surface area contributed by atoms with Crippen molar-refractivity contribution in [1.82, 2.24) is 10.2 Å². The molecule has 2 amide bonds. The smallest absolute Gasteiger partial charge is 0.317 e. The molecule has 0 spiro atoms. The van der Waals surface area contributed by atoms with Gasteiger partial charge in [0.15, 0.2) is 0 Å². The van der Waals surface area contributed by atoms with Crippen molar-refractivity contribution in [1.29, 1.82) is 0 Å². The summed E-state index contributed by atoms with van der Waals surface area (Å²) in [6.45, 7) is 5.81. The lowest BCUT2D eigenvalue weighted by molar-refractivity contribution is 0.166. The molecule has 0 unspecified atom stereocenters. The molecular formula is C20H28N2O3. The molecule has 0 radical (unpaired) electrons. The predicted molar refractivity (Wildman–Crippen MR) is 95.7 cm³/mol. The van der Waals surface area contributed by atoms with Gasteiger partial charge in [-0.05, 0) is 50.2 Å². The second kappa shape index (κ2) is 7.24. The zero-order chi connectivity index (χ0) is 17.2. The van der Waals surface area contributed by atoms with E-state index in [1.165, 1.54) is 24.8 Å². The van der Waals surface area contributed by atoms with E-state index in [0.717, 1.165) is 43.4 Å². The van der Waals surface area contributed by atoms with E-state index in [2.05, 4.69) is 30.4 Å². The van der Waals surface area contributed by atoms with Crippen molar-refractivity contribution >= 4 is 6.03 Å². The number of aryl methyl sites for hydroxylation is 1. The maximum absolute atomic E-state index is 12.5. The van der Waals surface area contributed by atoms with Crippen LogP contribution in [0.1, 0.15) is 36.8 Å². The quantitative estimate of drug-likeness (QED) is 0.893.